The van der Waals surface area contributed by atoms with Crippen molar-refractivity contribution in [1.29, 1.82) is 0 Å². The van der Waals surface area contributed by atoms with Gasteiger partial charge in [0.2, 0.25) is 5.76 Å². The summed E-state index contributed by atoms with van der Waals surface area (Å²) < 4.78 is 40.4. The third kappa shape index (κ3) is 2.76. The fourth-order valence-electron chi connectivity index (χ4n) is 6.55. The fraction of sp³-hybridized carbons (Fsp3) is 0.440. The minimum atomic E-state index is -0.663. The van der Waals surface area contributed by atoms with Crippen molar-refractivity contribution in [1.82, 2.24) is 20.1 Å². The molecule has 1 amide bonds. The monoisotopic (exact) mass is 466 g/mol. The van der Waals surface area contributed by atoms with Crippen molar-refractivity contribution in [2.75, 3.05) is 19.7 Å². The molecule has 0 N–H and O–H groups in total. The molecule has 2 fully saturated rings. The van der Waals surface area contributed by atoms with E-state index in [0.29, 0.717) is 19.7 Å². The van der Waals surface area contributed by atoms with Gasteiger partial charge in [-0.05, 0) is 47.9 Å². The lowest BCUT2D eigenvalue weighted by atomic mass is 9.64. The third-order valence-electron chi connectivity index (χ3n) is 8.23. The quantitative estimate of drug-likeness (QED) is 0.578. The van der Waals surface area contributed by atoms with Gasteiger partial charge in [0.15, 0.2) is 6.39 Å². The average Bonchev–Trinajstić information content (AvgIpc) is 3.50. The molecule has 1 saturated carbocycles. The number of carbonyl (C=O) groups excluding carboxylic acids is 1. The van der Waals surface area contributed by atoms with Gasteiger partial charge >= 0.3 is 0 Å². The van der Waals surface area contributed by atoms with Crippen LogP contribution in [-0.4, -0.2) is 51.8 Å². The summed E-state index contributed by atoms with van der Waals surface area (Å²) in [6, 6.07) is 5.57. The van der Waals surface area contributed by atoms with E-state index < -0.39 is 17.0 Å². The zero-order chi connectivity index (χ0) is 23.7. The number of carbonyl (C=O) groups is 1. The van der Waals surface area contributed by atoms with Gasteiger partial charge in [-0.3, -0.25) is 4.79 Å². The van der Waals surface area contributed by atoms with E-state index in [1.54, 1.807) is 11.0 Å². The topological polar surface area (TPSA) is 81.4 Å². The summed E-state index contributed by atoms with van der Waals surface area (Å²) in [5.41, 5.74) is 1.11. The number of morpholine rings is 1. The normalized spacial score (nSPS) is 27.1. The molecule has 3 aromatic rings. The SMILES string of the molecule is CC1(C)[C@H]2CC[C@]1([C@@H]1CN(C(=O)c3cnco3)CCO1)c1nnc(-c3c(F)cccc3F)cc12. The van der Waals surface area contributed by atoms with Crippen molar-refractivity contribution in [3.8, 4) is 11.3 Å². The van der Waals surface area contributed by atoms with Crippen molar-refractivity contribution in [3.05, 3.63) is 65.5 Å². The van der Waals surface area contributed by atoms with Crippen LogP contribution in [0.3, 0.4) is 0 Å². The molecule has 1 saturated heterocycles. The largest absolute Gasteiger partial charge is 0.438 e. The number of ether oxygens (including phenoxy) is 1. The van der Waals surface area contributed by atoms with Gasteiger partial charge in [-0.2, -0.15) is 10.2 Å². The van der Waals surface area contributed by atoms with Crippen molar-refractivity contribution in [3.63, 3.8) is 0 Å². The molecule has 1 aromatic carbocycles. The van der Waals surface area contributed by atoms with Crippen molar-refractivity contribution < 1.29 is 22.7 Å². The number of fused-ring (bicyclic) bond motifs is 5. The van der Waals surface area contributed by atoms with Gasteiger partial charge < -0.3 is 14.1 Å². The van der Waals surface area contributed by atoms with Gasteiger partial charge in [0.1, 0.15) is 11.6 Å². The van der Waals surface area contributed by atoms with Gasteiger partial charge in [-0.15, -0.1) is 0 Å². The van der Waals surface area contributed by atoms with Crippen LogP contribution in [0.15, 0.2) is 41.3 Å². The lowest BCUT2D eigenvalue weighted by Gasteiger charge is -2.47. The van der Waals surface area contributed by atoms with Crippen LogP contribution in [0.4, 0.5) is 8.78 Å². The van der Waals surface area contributed by atoms with E-state index >= 15 is 0 Å². The fourth-order valence-corrected chi connectivity index (χ4v) is 6.55. The van der Waals surface area contributed by atoms with Gasteiger partial charge in [-0.1, -0.05) is 19.9 Å². The molecule has 2 aromatic heterocycles. The Morgan fingerprint density at radius 1 is 1.21 bits per heavy atom. The van der Waals surface area contributed by atoms with E-state index in [1.165, 1.54) is 30.8 Å². The van der Waals surface area contributed by atoms with Crippen LogP contribution >= 0.6 is 0 Å². The number of rotatable bonds is 3. The van der Waals surface area contributed by atoms with Crippen molar-refractivity contribution >= 4 is 5.91 Å². The number of aromatic nitrogens is 3. The minimum Gasteiger partial charge on any atom is -0.438 e. The van der Waals surface area contributed by atoms with Crippen LogP contribution in [0.5, 0.6) is 0 Å². The second-order valence-electron chi connectivity index (χ2n) is 9.89. The first-order chi connectivity index (χ1) is 16.3. The first-order valence-corrected chi connectivity index (χ1v) is 11.5. The molecule has 3 atom stereocenters. The molecule has 176 valence electrons. The molecule has 9 heteroatoms. The van der Waals surface area contributed by atoms with E-state index in [1.807, 2.05) is 0 Å². The number of amides is 1. The van der Waals surface area contributed by atoms with E-state index in [0.717, 1.165) is 24.1 Å². The standard InChI is InChI=1S/C25H24F2N4O3/c1-24(2)15-6-7-25(24,20-12-31(8-9-33-20)23(32)19-11-28-13-34-19)22-14(15)10-18(29-30-22)21-16(26)4-3-5-17(21)27/h3-5,10-11,13,15,20H,6-9,12H2,1-2H3/t15-,20-,25-/m0/s1. The van der Waals surface area contributed by atoms with Crippen LogP contribution in [0.25, 0.3) is 11.3 Å². The number of oxazole rings is 1. The predicted molar refractivity (Wildman–Crippen MR) is 117 cm³/mol. The molecule has 7 nitrogen and oxygen atoms in total. The highest BCUT2D eigenvalue weighted by atomic mass is 19.1. The molecule has 2 aliphatic carbocycles. The number of halogens is 2. The minimum absolute atomic E-state index is 0.149. The maximum atomic E-state index is 14.5. The highest BCUT2D eigenvalue weighted by Gasteiger charge is 2.67. The summed E-state index contributed by atoms with van der Waals surface area (Å²) in [6.45, 7) is 5.63. The molecule has 6 rings (SSSR count). The van der Waals surface area contributed by atoms with Crippen molar-refractivity contribution in [2.24, 2.45) is 5.41 Å². The summed E-state index contributed by atoms with van der Waals surface area (Å²) in [5.74, 6) is -1.20. The Morgan fingerprint density at radius 3 is 2.74 bits per heavy atom. The Morgan fingerprint density at radius 2 is 2.00 bits per heavy atom. The van der Waals surface area contributed by atoms with Crippen molar-refractivity contribution in [2.45, 2.75) is 44.1 Å². The molecule has 2 bridgehead atoms. The third-order valence-corrected chi connectivity index (χ3v) is 8.23. The molecule has 0 radical (unpaired) electrons. The van der Waals surface area contributed by atoms with E-state index in [-0.39, 0.29) is 40.4 Å². The molecule has 3 heterocycles. The maximum Gasteiger partial charge on any atom is 0.291 e. The van der Waals surface area contributed by atoms with Crippen LogP contribution in [-0.2, 0) is 10.2 Å². The van der Waals surface area contributed by atoms with Crippen LogP contribution < -0.4 is 0 Å². The number of hydrogen-bond donors (Lipinski definition) is 0. The lowest BCUT2D eigenvalue weighted by Crippen LogP contribution is -2.57. The van der Waals surface area contributed by atoms with E-state index in [9.17, 15) is 13.6 Å². The smallest absolute Gasteiger partial charge is 0.291 e. The summed E-state index contributed by atoms with van der Waals surface area (Å²) in [6.07, 6.45) is 4.11. The Balaban J connectivity index is 1.40. The van der Waals surface area contributed by atoms with Crippen LogP contribution in [0.2, 0.25) is 0 Å². The summed E-state index contributed by atoms with van der Waals surface area (Å²) in [7, 11) is 0. The van der Waals surface area contributed by atoms with E-state index in [2.05, 4.69) is 29.0 Å². The Hall–Kier alpha value is -3.20. The predicted octanol–water partition coefficient (Wildman–Crippen LogP) is 4.11. The second kappa shape index (κ2) is 7.40. The zero-order valence-corrected chi connectivity index (χ0v) is 18.9. The second-order valence-corrected chi connectivity index (χ2v) is 9.89. The summed E-state index contributed by atoms with van der Waals surface area (Å²) >= 11 is 0. The van der Waals surface area contributed by atoms with Gasteiger partial charge in [0.05, 0.1) is 35.9 Å². The number of nitrogens with zero attached hydrogens (tertiary/aromatic N) is 4. The Labute approximate surface area is 195 Å². The van der Waals surface area contributed by atoms with Gasteiger partial charge in [0.25, 0.3) is 5.91 Å². The highest BCUT2D eigenvalue weighted by Crippen LogP contribution is 2.69. The zero-order valence-electron chi connectivity index (χ0n) is 18.9. The number of hydrogen-bond acceptors (Lipinski definition) is 6. The molecule has 3 aliphatic rings. The average molecular weight is 466 g/mol. The molecule has 34 heavy (non-hydrogen) atoms. The first kappa shape index (κ1) is 21.3. The Bertz CT molecular complexity index is 1260. The maximum absolute atomic E-state index is 14.5. The lowest BCUT2D eigenvalue weighted by molar-refractivity contribution is -0.0845. The number of benzene rings is 1. The summed E-state index contributed by atoms with van der Waals surface area (Å²) in [4.78, 5) is 18.5. The highest BCUT2D eigenvalue weighted by molar-refractivity contribution is 5.91. The first-order valence-electron chi connectivity index (χ1n) is 11.5. The van der Waals surface area contributed by atoms with Gasteiger partial charge in [-0.25, -0.2) is 13.8 Å². The summed E-state index contributed by atoms with van der Waals surface area (Å²) in [5, 5.41) is 8.84. The molecule has 0 spiro atoms. The molecular formula is C25H24F2N4O3. The Kier molecular flexibility index (Phi) is 4.64. The van der Waals surface area contributed by atoms with Crippen LogP contribution in [0, 0.1) is 17.0 Å². The van der Waals surface area contributed by atoms with E-state index in [4.69, 9.17) is 9.15 Å². The molecule has 1 aliphatic heterocycles. The van der Waals surface area contributed by atoms with Crippen LogP contribution in [0.1, 0.15) is 54.4 Å². The molecule has 0 unspecified atom stereocenters. The van der Waals surface area contributed by atoms with Gasteiger partial charge in [0, 0.05) is 18.5 Å². The molecular weight excluding hydrogens is 442 g/mol.